The lowest BCUT2D eigenvalue weighted by molar-refractivity contribution is -0.129. The van der Waals surface area contributed by atoms with Gasteiger partial charge < -0.3 is 25.2 Å². The van der Waals surface area contributed by atoms with Crippen LogP contribution in [-0.4, -0.2) is 77.7 Å². The van der Waals surface area contributed by atoms with E-state index in [2.05, 4.69) is 15.6 Å². The van der Waals surface area contributed by atoms with E-state index in [1.807, 2.05) is 85.7 Å². The second-order valence-corrected chi connectivity index (χ2v) is 12.2. The first-order valence-corrected chi connectivity index (χ1v) is 15.2. The summed E-state index contributed by atoms with van der Waals surface area (Å²) >= 11 is 1.36. The molecule has 1 aromatic heterocycles. The minimum atomic E-state index is -0.567. The Kier molecular flexibility index (Phi) is 8.35. The van der Waals surface area contributed by atoms with Crippen molar-refractivity contribution in [1.82, 2.24) is 25.4 Å². The number of amides is 4. The van der Waals surface area contributed by atoms with Crippen LogP contribution in [0.5, 0.6) is 11.5 Å². The summed E-state index contributed by atoms with van der Waals surface area (Å²) in [5.41, 5.74) is 2.22. The monoisotopic (exact) mass is 598 g/mol. The van der Waals surface area contributed by atoms with E-state index in [-0.39, 0.29) is 23.9 Å². The molecule has 6 rings (SSSR count). The van der Waals surface area contributed by atoms with Crippen LogP contribution < -0.4 is 20.3 Å². The van der Waals surface area contributed by atoms with Crippen molar-refractivity contribution in [1.29, 1.82) is 0 Å². The lowest BCUT2D eigenvalue weighted by Gasteiger charge is -2.35. The van der Waals surface area contributed by atoms with Crippen LogP contribution in [0.1, 0.15) is 24.4 Å². The van der Waals surface area contributed by atoms with Crippen molar-refractivity contribution < 1.29 is 19.1 Å². The average molecular weight is 599 g/mol. The number of anilines is 2. The maximum absolute atomic E-state index is 13.6. The number of carbonyl (C=O) groups is 3. The molecule has 0 aliphatic carbocycles. The molecule has 3 aliphatic heterocycles. The van der Waals surface area contributed by atoms with E-state index in [9.17, 15) is 14.4 Å². The smallest absolute Gasteiger partial charge is 0.327 e. The summed E-state index contributed by atoms with van der Waals surface area (Å²) in [5, 5.41) is 6.37. The molecule has 4 amide bonds. The molecular formula is C32H34N6O4S. The van der Waals surface area contributed by atoms with Gasteiger partial charge in [-0.2, -0.15) is 0 Å². The summed E-state index contributed by atoms with van der Waals surface area (Å²) in [4.78, 5) is 49.7. The third-order valence-electron chi connectivity index (χ3n) is 7.65. The van der Waals surface area contributed by atoms with Gasteiger partial charge in [0.1, 0.15) is 21.8 Å². The van der Waals surface area contributed by atoms with Crippen molar-refractivity contribution in [2.45, 2.75) is 35.2 Å². The number of hydrogen-bond donors (Lipinski definition) is 2. The number of ether oxygens (including phenoxy) is 1. The summed E-state index contributed by atoms with van der Waals surface area (Å²) in [7, 11) is 3.90. The van der Waals surface area contributed by atoms with Crippen molar-refractivity contribution in [3.63, 3.8) is 0 Å². The van der Waals surface area contributed by atoms with Gasteiger partial charge in [0, 0.05) is 43.5 Å². The highest BCUT2D eigenvalue weighted by molar-refractivity contribution is 8.01. The van der Waals surface area contributed by atoms with Crippen molar-refractivity contribution in [2.24, 2.45) is 0 Å². The number of piperidine rings is 1. The average Bonchev–Trinajstić information content (AvgIpc) is 3.38. The van der Waals surface area contributed by atoms with Gasteiger partial charge in [-0.25, -0.2) is 9.78 Å². The van der Waals surface area contributed by atoms with Gasteiger partial charge >= 0.3 is 6.03 Å². The molecule has 3 atom stereocenters. The first kappa shape index (κ1) is 28.8. The number of likely N-dealkylation sites (N-methyl/N-ethyl adjacent to an activating group) is 1. The van der Waals surface area contributed by atoms with Crippen LogP contribution in [0.2, 0.25) is 0 Å². The van der Waals surface area contributed by atoms with E-state index in [4.69, 9.17) is 4.74 Å². The Bertz CT molecular complexity index is 1530. The van der Waals surface area contributed by atoms with Crippen molar-refractivity contribution in [2.75, 3.05) is 38.6 Å². The molecule has 4 heterocycles. The summed E-state index contributed by atoms with van der Waals surface area (Å²) in [6.07, 6.45) is 6.73. The number of rotatable bonds is 8. The fourth-order valence-corrected chi connectivity index (χ4v) is 6.85. The highest BCUT2D eigenvalue weighted by Crippen LogP contribution is 2.50. The Hall–Kier alpha value is -4.35. The molecule has 2 aromatic carbocycles. The van der Waals surface area contributed by atoms with E-state index in [1.54, 1.807) is 22.1 Å². The molecule has 1 saturated heterocycles. The third kappa shape index (κ3) is 6.23. The molecule has 2 N–H and O–H groups in total. The Morgan fingerprint density at radius 2 is 1.88 bits per heavy atom. The Balaban J connectivity index is 1.14. The molecule has 3 aliphatic rings. The van der Waals surface area contributed by atoms with Gasteiger partial charge in [0.15, 0.2) is 0 Å². The molecule has 11 heteroatoms. The Morgan fingerprint density at radius 3 is 2.65 bits per heavy atom. The van der Waals surface area contributed by atoms with E-state index in [0.29, 0.717) is 36.8 Å². The minimum absolute atomic E-state index is 0.0448. The quantitative estimate of drug-likeness (QED) is 0.369. The molecule has 2 unspecified atom stereocenters. The van der Waals surface area contributed by atoms with Crippen molar-refractivity contribution in [3.8, 4) is 11.5 Å². The Labute approximate surface area is 255 Å². The highest BCUT2D eigenvalue weighted by atomic mass is 32.2. The topological polar surface area (TPSA) is 107 Å². The number of likely N-dealkylation sites (tertiary alicyclic amines) is 1. The number of pyridine rings is 1. The molecule has 3 aromatic rings. The lowest BCUT2D eigenvalue weighted by Crippen LogP contribution is -2.53. The van der Waals surface area contributed by atoms with Gasteiger partial charge in [0.05, 0.1) is 17.4 Å². The lowest BCUT2D eigenvalue weighted by atomic mass is 9.99. The van der Waals surface area contributed by atoms with E-state index in [0.717, 1.165) is 29.2 Å². The van der Waals surface area contributed by atoms with Crippen molar-refractivity contribution >= 4 is 41.0 Å². The van der Waals surface area contributed by atoms with Gasteiger partial charge in [-0.3, -0.25) is 14.5 Å². The predicted molar refractivity (Wildman–Crippen MR) is 166 cm³/mol. The summed E-state index contributed by atoms with van der Waals surface area (Å²) in [6.45, 7) is 1.82. The van der Waals surface area contributed by atoms with Crippen LogP contribution in [0.3, 0.4) is 0 Å². The molecule has 0 bridgehead atoms. The fourth-order valence-electron chi connectivity index (χ4n) is 5.62. The first-order chi connectivity index (χ1) is 20.9. The zero-order chi connectivity index (χ0) is 29.9. The summed E-state index contributed by atoms with van der Waals surface area (Å²) in [5.74, 6) is 1.17. The number of para-hydroxylation sites is 1. The van der Waals surface area contributed by atoms with Gasteiger partial charge in [-0.1, -0.05) is 36.0 Å². The first-order valence-electron chi connectivity index (χ1n) is 14.4. The minimum Gasteiger partial charge on any atom is -0.457 e. The second kappa shape index (κ2) is 12.5. The second-order valence-electron chi connectivity index (χ2n) is 11.1. The molecule has 0 spiro atoms. The molecule has 0 saturated carbocycles. The number of hydrogen-bond acceptors (Lipinski definition) is 7. The number of urea groups is 1. The number of nitrogens with one attached hydrogen (secondary N) is 2. The number of aromatic nitrogens is 1. The van der Waals surface area contributed by atoms with Crippen LogP contribution in [-0.2, 0) is 9.59 Å². The SMILES string of the molecule is CN(C)C/C=C/C(=O)N1CCCC(NC(=O)[C@@H]2Sc3nccc4c3C2NC(=O)N4c2ccc(Oc3ccccc3)cc2)C1. The van der Waals surface area contributed by atoms with Gasteiger partial charge in [-0.05, 0) is 69.4 Å². The van der Waals surface area contributed by atoms with Gasteiger partial charge in [0.2, 0.25) is 11.8 Å². The zero-order valence-electron chi connectivity index (χ0n) is 24.1. The Morgan fingerprint density at radius 1 is 1.12 bits per heavy atom. The normalized spacial score (nSPS) is 21.1. The van der Waals surface area contributed by atoms with E-state index in [1.165, 1.54) is 11.8 Å². The molecule has 222 valence electrons. The van der Waals surface area contributed by atoms with Crippen LogP contribution in [0.25, 0.3) is 0 Å². The molecular weight excluding hydrogens is 564 g/mol. The molecule has 0 radical (unpaired) electrons. The number of nitrogens with zero attached hydrogens (tertiary/aromatic N) is 4. The maximum atomic E-state index is 13.6. The predicted octanol–water partition coefficient (Wildman–Crippen LogP) is 4.48. The number of thioether (sulfide) groups is 1. The highest BCUT2D eigenvalue weighted by Gasteiger charge is 2.47. The fraction of sp³-hybridized carbons (Fsp3) is 0.312. The number of benzene rings is 2. The van der Waals surface area contributed by atoms with E-state index < -0.39 is 11.3 Å². The van der Waals surface area contributed by atoms with Crippen LogP contribution in [0.15, 0.2) is 84.0 Å². The van der Waals surface area contributed by atoms with Crippen molar-refractivity contribution in [3.05, 3.63) is 84.6 Å². The molecule has 43 heavy (non-hydrogen) atoms. The third-order valence-corrected chi connectivity index (χ3v) is 8.94. The summed E-state index contributed by atoms with van der Waals surface area (Å²) in [6, 6.07) is 17.7. The molecule has 10 nitrogen and oxygen atoms in total. The number of carbonyl (C=O) groups excluding carboxylic acids is 3. The van der Waals surface area contributed by atoms with E-state index >= 15 is 0 Å². The standard InChI is InChI=1S/C32H34N6O4S/c1-36(2)18-7-11-26(39)37-19-6-8-21(20-37)34-30(40)29-28-27-25(16-17-33-31(27)43-29)38(32(41)35-28)22-12-14-24(15-13-22)42-23-9-4-3-5-10-23/h3-5,7,9-17,21,28-29H,6,8,18-20H2,1-2H3,(H,34,40)(H,35,41)/b11-7+/t21?,28?,29-/m1/s1. The molecule has 1 fully saturated rings. The largest absolute Gasteiger partial charge is 0.457 e. The van der Waals surface area contributed by atoms with Gasteiger partial charge in [0.25, 0.3) is 0 Å². The van der Waals surface area contributed by atoms with Crippen LogP contribution in [0, 0.1) is 0 Å². The summed E-state index contributed by atoms with van der Waals surface area (Å²) < 4.78 is 5.91. The zero-order valence-corrected chi connectivity index (χ0v) is 24.9. The van der Waals surface area contributed by atoms with Gasteiger partial charge in [-0.15, -0.1) is 0 Å². The van der Waals surface area contributed by atoms with Crippen LogP contribution >= 0.6 is 11.8 Å². The van der Waals surface area contributed by atoms with Crippen LogP contribution in [0.4, 0.5) is 16.2 Å². The maximum Gasteiger partial charge on any atom is 0.327 e.